The first-order valence-electron chi connectivity index (χ1n) is 4.92. The number of ether oxygens (including phenoxy) is 1. The Morgan fingerprint density at radius 2 is 1.91 bits per heavy atom. The van der Waals surface area contributed by atoms with Crippen molar-refractivity contribution in [3.05, 3.63) is 0 Å². The van der Waals surface area contributed by atoms with Gasteiger partial charge in [0.15, 0.2) is 0 Å². The van der Waals surface area contributed by atoms with E-state index in [9.17, 15) is 0 Å². The highest BCUT2D eigenvalue weighted by atomic mass is 16.5. The van der Waals surface area contributed by atoms with Crippen LogP contribution in [0.4, 0.5) is 0 Å². The molecule has 1 atom stereocenters. The van der Waals surface area contributed by atoms with E-state index in [1.807, 2.05) is 0 Å². The van der Waals surface area contributed by atoms with Gasteiger partial charge in [-0.3, -0.25) is 0 Å². The number of rotatable bonds is 7. The third kappa shape index (κ3) is 6.36. The lowest BCUT2D eigenvalue weighted by Gasteiger charge is -2.13. The van der Waals surface area contributed by atoms with Crippen LogP contribution in [0.15, 0.2) is 0 Å². The number of unbranched alkanes of at least 4 members (excludes halogenated alkanes) is 1. The monoisotopic (exact) mass is 158 g/mol. The van der Waals surface area contributed by atoms with Crippen molar-refractivity contribution in [3.63, 3.8) is 0 Å². The van der Waals surface area contributed by atoms with Gasteiger partial charge in [0.1, 0.15) is 0 Å². The zero-order chi connectivity index (χ0) is 8.53. The van der Waals surface area contributed by atoms with E-state index in [1.165, 1.54) is 25.7 Å². The summed E-state index contributed by atoms with van der Waals surface area (Å²) in [4.78, 5) is 0. The van der Waals surface area contributed by atoms with Gasteiger partial charge >= 0.3 is 0 Å². The molecule has 0 N–H and O–H groups in total. The molecule has 0 aliphatic rings. The van der Waals surface area contributed by atoms with Gasteiger partial charge < -0.3 is 4.74 Å². The Morgan fingerprint density at radius 3 is 2.36 bits per heavy atom. The Hall–Kier alpha value is -0.0400. The molecule has 0 saturated carbocycles. The predicted octanol–water partition coefficient (Wildman–Crippen LogP) is 3.24. The molecular formula is C10H22O. The molecule has 1 nitrogen and oxygen atoms in total. The van der Waals surface area contributed by atoms with Crippen LogP contribution >= 0.6 is 0 Å². The fourth-order valence-electron chi connectivity index (χ4n) is 1.18. The average molecular weight is 158 g/mol. The van der Waals surface area contributed by atoms with Crippen LogP contribution in [0.2, 0.25) is 0 Å². The normalized spacial score (nSPS) is 13.4. The van der Waals surface area contributed by atoms with Crippen molar-refractivity contribution in [2.45, 2.75) is 46.5 Å². The van der Waals surface area contributed by atoms with E-state index in [1.54, 1.807) is 0 Å². The van der Waals surface area contributed by atoms with Crippen LogP contribution in [0, 0.1) is 5.92 Å². The molecule has 0 aliphatic heterocycles. The van der Waals surface area contributed by atoms with Gasteiger partial charge in [-0.2, -0.15) is 0 Å². The largest absolute Gasteiger partial charge is 0.381 e. The summed E-state index contributed by atoms with van der Waals surface area (Å²) < 4.78 is 5.38. The average Bonchev–Trinajstić information content (AvgIpc) is 2.05. The first kappa shape index (κ1) is 11.0. The minimum atomic E-state index is 0.801. The summed E-state index contributed by atoms with van der Waals surface area (Å²) in [5.41, 5.74) is 0. The van der Waals surface area contributed by atoms with Crippen LogP contribution in [-0.2, 0) is 4.74 Å². The molecule has 0 spiro atoms. The molecule has 68 valence electrons. The molecular weight excluding hydrogens is 136 g/mol. The lowest BCUT2D eigenvalue weighted by Crippen LogP contribution is -2.08. The summed E-state index contributed by atoms with van der Waals surface area (Å²) in [6.07, 6.45) is 5.27. The second kappa shape index (κ2) is 8.06. The van der Waals surface area contributed by atoms with Crippen molar-refractivity contribution in [3.8, 4) is 0 Å². The highest BCUT2D eigenvalue weighted by molar-refractivity contribution is 4.55. The van der Waals surface area contributed by atoms with Crippen molar-refractivity contribution in [1.29, 1.82) is 0 Å². The highest BCUT2D eigenvalue weighted by Crippen LogP contribution is 2.12. The van der Waals surface area contributed by atoms with E-state index >= 15 is 0 Å². The molecule has 0 aromatic carbocycles. The van der Waals surface area contributed by atoms with Crippen molar-refractivity contribution in [2.24, 2.45) is 5.92 Å². The van der Waals surface area contributed by atoms with E-state index in [-0.39, 0.29) is 0 Å². The van der Waals surface area contributed by atoms with Gasteiger partial charge in [0.25, 0.3) is 0 Å². The molecule has 0 bridgehead atoms. The molecule has 0 aliphatic carbocycles. The third-order valence-corrected chi connectivity index (χ3v) is 2.10. The van der Waals surface area contributed by atoms with Crippen molar-refractivity contribution in [1.82, 2.24) is 0 Å². The van der Waals surface area contributed by atoms with Gasteiger partial charge in [-0.05, 0) is 19.3 Å². The molecule has 0 amide bonds. The zero-order valence-corrected chi connectivity index (χ0v) is 8.23. The van der Waals surface area contributed by atoms with E-state index in [0.717, 1.165) is 19.1 Å². The maximum atomic E-state index is 5.38. The summed E-state index contributed by atoms with van der Waals surface area (Å²) in [5.74, 6) is 0.801. The van der Waals surface area contributed by atoms with Gasteiger partial charge in [0.05, 0.1) is 0 Å². The van der Waals surface area contributed by atoms with Crippen molar-refractivity contribution >= 4 is 0 Å². The number of hydrogen-bond acceptors (Lipinski definition) is 1. The Kier molecular flexibility index (Phi) is 8.03. The first-order chi connectivity index (χ1) is 5.35. The Morgan fingerprint density at radius 1 is 1.18 bits per heavy atom. The van der Waals surface area contributed by atoms with Gasteiger partial charge in [-0.15, -0.1) is 0 Å². The van der Waals surface area contributed by atoms with E-state index < -0.39 is 0 Å². The van der Waals surface area contributed by atoms with E-state index in [4.69, 9.17) is 4.74 Å². The van der Waals surface area contributed by atoms with E-state index in [0.29, 0.717) is 0 Å². The first-order valence-corrected chi connectivity index (χ1v) is 4.92. The summed E-state index contributed by atoms with van der Waals surface area (Å²) in [5, 5.41) is 0. The van der Waals surface area contributed by atoms with Crippen LogP contribution in [0.5, 0.6) is 0 Å². The fourth-order valence-corrected chi connectivity index (χ4v) is 1.18. The number of hydrogen-bond donors (Lipinski definition) is 0. The predicted molar refractivity (Wildman–Crippen MR) is 49.8 cm³/mol. The smallest absolute Gasteiger partial charge is 0.0494 e. The second-order valence-electron chi connectivity index (χ2n) is 3.08. The standard InChI is InChI=1S/C10H22O/c1-4-7-8-10(5-2)9-11-6-3/h10H,4-9H2,1-3H3. The maximum Gasteiger partial charge on any atom is 0.0494 e. The van der Waals surface area contributed by atoms with Gasteiger partial charge in [-0.1, -0.05) is 33.1 Å². The highest BCUT2D eigenvalue weighted by Gasteiger charge is 2.04. The SMILES string of the molecule is CCCCC(CC)COCC. The molecule has 0 saturated heterocycles. The van der Waals surface area contributed by atoms with Gasteiger partial charge in [-0.25, -0.2) is 0 Å². The topological polar surface area (TPSA) is 9.23 Å². The molecule has 0 radical (unpaired) electrons. The van der Waals surface area contributed by atoms with Crippen LogP contribution in [0.1, 0.15) is 46.5 Å². The fraction of sp³-hybridized carbons (Fsp3) is 1.00. The van der Waals surface area contributed by atoms with Crippen molar-refractivity contribution in [2.75, 3.05) is 13.2 Å². The van der Waals surface area contributed by atoms with Crippen LogP contribution in [-0.4, -0.2) is 13.2 Å². The minimum absolute atomic E-state index is 0.801. The lowest BCUT2D eigenvalue weighted by molar-refractivity contribution is 0.104. The quantitative estimate of drug-likeness (QED) is 0.552. The minimum Gasteiger partial charge on any atom is -0.381 e. The molecule has 0 rings (SSSR count). The Balaban J connectivity index is 3.25. The van der Waals surface area contributed by atoms with Crippen LogP contribution < -0.4 is 0 Å². The molecule has 11 heavy (non-hydrogen) atoms. The van der Waals surface area contributed by atoms with Crippen LogP contribution in [0.25, 0.3) is 0 Å². The molecule has 1 heteroatoms. The maximum absolute atomic E-state index is 5.38. The summed E-state index contributed by atoms with van der Waals surface area (Å²) in [7, 11) is 0. The summed E-state index contributed by atoms with van der Waals surface area (Å²) >= 11 is 0. The van der Waals surface area contributed by atoms with Crippen LogP contribution in [0.3, 0.4) is 0 Å². The zero-order valence-electron chi connectivity index (χ0n) is 8.23. The third-order valence-electron chi connectivity index (χ3n) is 2.10. The van der Waals surface area contributed by atoms with Gasteiger partial charge in [0, 0.05) is 13.2 Å². The summed E-state index contributed by atoms with van der Waals surface area (Å²) in [6.45, 7) is 8.38. The molecule has 0 aromatic heterocycles. The second-order valence-corrected chi connectivity index (χ2v) is 3.08. The molecule has 1 unspecified atom stereocenters. The Labute approximate surface area is 71.1 Å². The molecule has 0 aromatic rings. The molecule has 0 fully saturated rings. The van der Waals surface area contributed by atoms with E-state index in [2.05, 4.69) is 20.8 Å². The van der Waals surface area contributed by atoms with Gasteiger partial charge in [0.2, 0.25) is 0 Å². The Bertz CT molecular complexity index is 63.3. The molecule has 0 heterocycles. The lowest BCUT2D eigenvalue weighted by atomic mass is 10.0. The summed E-state index contributed by atoms with van der Waals surface area (Å²) in [6, 6.07) is 0. The van der Waals surface area contributed by atoms with Crippen molar-refractivity contribution < 1.29 is 4.74 Å².